The fourth-order valence-electron chi connectivity index (χ4n) is 4.47. The van der Waals surface area contributed by atoms with E-state index in [2.05, 4.69) is 10.6 Å². The molecule has 2 aromatic carbocycles. The summed E-state index contributed by atoms with van der Waals surface area (Å²) in [6, 6.07) is 7.25. The van der Waals surface area contributed by atoms with E-state index in [1.54, 1.807) is 20.8 Å². The van der Waals surface area contributed by atoms with Gasteiger partial charge in [0.2, 0.25) is 11.8 Å². The second kappa shape index (κ2) is 15.4. The lowest BCUT2D eigenvalue weighted by Crippen LogP contribution is -2.47. The molecule has 2 amide bonds. The quantitative estimate of drug-likeness (QED) is 0.159. The Kier molecular flexibility index (Phi) is 12.2. The first-order valence-electron chi connectivity index (χ1n) is 13.6. The van der Waals surface area contributed by atoms with E-state index in [0.29, 0.717) is 0 Å². The molecule has 3 N–H and O–H groups in total. The van der Waals surface area contributed by atoms with E-state index in [1.165, 1.54) is 36.4 Å². The lowest BCUT2D eigenvalue weighted by atomic mass is 10.1. The molecule has 1 heterocycles. The molecule has 0 radical (unpaired) electrons. The van der Waals surface area contributed by atoms with Gasteiger partial charge in [-0.05, 0) is 45.0 Å². The van der Waals surface area contributed by atoms with E-state index in [-0.39, 0.29) is 66.5 Å². The largest absolute Gasteiger partial charge is 0.461 e. The van der Waals surface area contributed by atoms with Crippen LogP contribution < -0.4 is 15.9 Å². The summed E-state index contributed by atoms with van der Waals surface area (Å²) in [6.45, 7) is 4.00. The summed E-state index contributed by atoms with van der Waals surface area (Å²) in [4.78, 5) is 39.5. The summed E-state index contributed by atoms with van der Waals surface area (Å²) in [7, 11) is -3.78. The SMILES string of the molecule is CCOC(=O)C(=N)c1ccc(P(=O)(OCC)OCC)cc1NCC(=O)N1CC(F)CC1C(=O)NCc1cccc(Cl)c1F. The maximum Gasteiger partial charge on any atom is 0.361 e. The van der Waals surface area contributed by atoms with E-state index >= 15 is 0 Å². The smallest absolute Gasteiger partial charge is 0.361 e. The Morgan fingerprint density at radius 1 is 1.12 bits per heavy atom. The van der Waals surface area contributed by atoms with Crippen molar-refractivity contribution in [2.45, 2.75) is 46.0 Å². The minimum absolute atomic E-state index is 0.0250. The number of nitrogens with one attached hydrogen (secondary N) is 3. The number of amides is 2. The third-order valence-electron chi connectivity index (χ3n) is 6.45. The van der Waals surface area contributed by atoms with Crippen LogP contribution in [0.4, 0.5) is 14.5 Å². The number of hydrogen-bond donors (Lipinski definition) is 3. The van der Waals surface area contributed by atoms with Crippen LogP contribution in [-0.2, 0) is 39.3 Å². The predicted molar refractivity (Wildman–Crippen MR) is 157 cm³/mol. The monoisotopic (exact) mass is 642 g/mol. The third kappa shape index (κ3) is 8.38. The van der Waals surface area contributed by atoms with Crippen LogP contribution in [-0.4, -0.2) is 73.5 Å². The molecule has 234 valence electrons. The van der Waals surface area contributed by atoms with Gasteiger partial charge >= 0.3 is 13.6 Å². The Labute approximate surface area is 253 Å². The number of halogens is 3. The van der Waals surface area contributed by atoms with Gasteiger partial charge < -0.3 is 29.3 Å². The number of alkyl halides is 1. The lowest BCUT2D eigenvalue weighted by Gasteiger charge is -2.25. The van der Waals surface area contributed by atoms with E-state index in [9.17, 15) is 27.7 Å². The lowest BCUT2D eigenvalue weighted by molar-refractivity contribution is -0.137. The van der Waals surface area contributed by atoms with Crippen molar-refractivity contribution >= 4 is 53.7 Å². The molecule has 1 fully saturated rings. The molecule has 11 nitrogen and oxygen atoms in total. The van der Waals surface area contributed by atoms with Gasteiger partial charge in [0, 0.05) is 29.8 Å². The number of carbonyl (C=O) groups is 3. The Hall–Kier alpha value is -3.38. The molecule has 2 atom stereocenters. The molecule has 0 aliphatic carbocycles. The molecule has 0 saturated carbocycles. The third-order valence-corrected chi connectivity index (χ3v) is 8.85. The van der Waals surface area contributed by atoms with E-state index in [4.69, 9.17) is 30.8 Å². The first kappa shape index (κ1) is 34.1. The van der Waals surface area contributed by atoms with Gasteiger partial charge in [0.1, 0.15) is 23.7 Å². The van der Waals surface area contributed by atoms with Gasteiger partial charge in [-0.25, -0.2) is 13.6 Å². The molecule has 43 heavy (non-hydrogen) atoms. The molecule has 2 unspecified atom stereocenters. The zero-order valence-electron chi connectivity index (χ0n) is 24.0. The zero-order valence-corrected chi connectivity index (χ0v) is 25.6. The average Bonchev–Trinajstić information content (AvgIpc) is 3.38. The fraction of sp³-hybridized carbons (Fsp3) is 0.429. The fourth-order valence-corrected chi connectivity index (χ4v) is 6.26. The van der Waals surface area contributed by atoms with Crippen molar-refractivity contribution in [2.24, 2.45) is 0 Å². The van der Waals surface area contributed by atoms with Crippen molar-refractivity contribution in [3.63, 3.8) is 0 Å². The minimum atomic E-state index is -3.78. The first-order valence-corrected chi connectivity index (χ1v) is 15.5. The summed E-state index contributed by atoms with van der Waals surface area (Å²) in [5.41, 5.74) is -0.293. The van der Waals surface area contributed by atoms with Crippen molar-refractivity contribution in [3.8, 4) is 0 Å². The Morgan fingerprint density at radius 3 is 2.47 bits per heavy atom. The van der Waals surface area contributed by atoms with Crippen LogP contribution in [0.1, 0.15) is 38.3 Å². The van der Waals surface area contributed by atoms with Crippen LogP contribution in [0.25, 0.3) is 0 Å². The number of anilines is 1. The summed E-state index contributed by atoms with van der Waals surface area (Å²) < 4.78 is 57.8. The summed E-state index contributed by atoms with van der Waals surface area (Å²) in [6.07, 6.45) is -1.72. The summed E-state index contributed by atoms with van der Waals surface area (Å²) in [5, 5.41) is 13.6. The molecule has 0 aromatic heterocycles. The van der Waals surface area contributed by atoms with Crippen molar-refractivity contribution in [1.82, 2.24) is 10.2 Å². The van der Waals surface area contributed by atoms with Crippen LogP contribution in [0.2, 0.25) is 5.02 Å². The molecule has 3 rings (SSSR count). The molecule has 2 aromatic rings. The molecule has 1 aliphatic heterocycles. The van der Waals surface area contributed by atoms with Crippen molar-refractivity contribution in [2.75, 3.05) is 38.2 Å². The molecule has 1 aliphatic rings. The molecular weight excluding hydrogens is 609 g/mol. The van der Waals surface area contributed by atoms with Gasteiger partial charge in [0.25, 0.3) is 0 Å². The highest BCUT2D eigenvalue weighted by Crippen LogP contribution is 2.47. The molecular formula is C28H34ClF2N4O7P. The molecule has 15 heteroatoms. The van der Waals surface area contributed by atoms with Crippen LogP contribution in [0.3, 0.4) is 0 Å². The number of hydrogen-bond acceptors (Lipinski definition) is 9. The van der Waals surface area contributed by atoms with Crippen molar-refractivity contribution < 1.29 is 41.5 Å². The molecule has 1 saturated heterocycles. The predicted octanol–water partition coefficient (Wildman–Crippen LogP) is 3.97. The van der Waals surface area contributed by atoms with Crippen molar-refractivity contribution in [3.05, 3.63) is 58.4 Å². The Morgan fingerprint density at radius 2 is 1.81 bits per heavy atom. The number of rotatable bonds is 14. The zero-order chi connectivity index (χ0) is 31.7. The van der Waals surface area contributed by atoms with Crippen molar-refractivity contribution in [1.29, 1.82) is 5.41 Å². The number of nitrogens with zero attached hydrogens (tertiary/aromatic N) is 1. The second-order valence-corrected chi connectivity index (χ2v) is 11.8. The number of benzene rings is 2. The highest BCUT2D eigenvalue weighted by atomic mass is 35.5. The summed E-state index contributed by atoms with van der Waals surface area (Å²) in [5.74, 6) is -2.95. The van der Waals surface area contributed by atoms with Gasteiger partial charge in [-0.3, -0.25) is 19.6 Å². The van der Waals surface area contributed by atoms with Crippen LogP contribution >= 0.6 is 19.2 Å². The minimum Gasteiger partial charge on any atom is -0.461 e. The van der Waals surface area contributed by atoms with Crippen LogP contribution in [0.5, 0.6) is 0 Å². The summed E-state index contributed by atoms with van der Waals surface area (Å²) >= 11 is 5.79. The number of likely N-dealkylation sites (tertiary alicyclic amines) is 1. The van der Waals surface area contributed by atoms with Gasteiger partial charge in [-0.1, -0.05) is 23.7 Å². The highest BCUT2D eigenvalue weighted by molar-refractivity contribution is 7.62. The Bertz CT molecular complexity index is 1400. The van der Waals surface area contributed by atoms with Crippen LogP contribution in [0.15, 0.2) is 36.4 Å². The van der Waals surface area contributed by atoms with Gasteiger partial charge in [-0.15, -0.1) is 0 Å². The number of esters is 1. The average molecular weight is 643 g/mol. The van der Waals surface area contributed by atoms with E-state index in [0.717, 1.165) is 4.90 Å². The van der Waals surface area contributed by atoms with E-state index in [1.807, 2.05) is 0 Å². The highest BCUT2D eigenvalue weighted by Gasteiger charge is 2.39. The molecule has 0 spiro atoms. The normalized spacial score (nSPS) is 16.6. The van der Waals surface area contributed by atoms with Gasteiger partial charge in [0.05, 0.1) is 43.2 Å². The van der Waals surface area contributed by atoms with Gasteiger partial charge in [0.15, 0.2) is 0 Å². The molecule has 0 bridgehead atoms. The van der Waals surface area contributed by atoms with Crippen LogP contribution in [0, 0.1) is 11.2 Å². The number of carbonyl (C=O) groups excluding carboxylic acids is 3. The number of ether oxygens (including phenoxy) is 1. The maximum atomic E-state index is 14.4. The Balaban J connectivity index is 1.82. The second-order valence-electron chi connectivity index (χ2n) is 9.34. The first-order chi connectivity index (χ1) is 20.4. The van der Waals surface area contributed by atoms with E-state index < -0.39 is 55.7 Å². The standard InChI is InChI=1S/C28H34ClF2N4O7P/c1-4-40-28(38)26(32)20-11-10-19(43(39,41-5-2)42-6-3)13-22(20)33-15-24(36)35-16-18(30)12-23(35)27(37)34-14-17-8-7-9-21(29)25(17)31/h7-11,13,18,23,32-33H,4-6,12,14-16H2,1-3H3,(H,34,37). The maximum absolute atomic E-state index is 14.4. The topological polar surface area (TPSA) is 147 Å². The van der Waals surface area contributed by atoms with Gasteiger partial charge in [-0.2, -0.15) is 0 Å².